The van der Waals surface area contributed by atoms with Gasteiger partial charge in [0.2, 0.25) is 0 Å². The highest BCUT2D eigenvalue weighted by molar-refractivity contribution is 5.52. The molecule has 0 amide bonds. The highest BCUT2D eigenvalue weighted by Gasteiger charge is 2.20. The molecule has 0 aromatic heterocycles. The van der Waals surface area contributed by atoms with Gasteiger partial charge in [-0.1, -0.05) is 24.3 Å². The Morgan fingerprint density at radius 3 is 2.58 bits per heavy atom. The largest absolute Gasteiger partial charge is 0.497 e. The second-order valence-electron chi connectivity index (χ2n) is 4.98. The van der Waals surface area contributed by atoms with Gasteiger partial charge in [0.1, 0.15) is 5.75 Å². The van der Waals surface area contributed by atoms with Gasteiger partial charge in [0.15, 0.2) is 0 Å². The molecule has 19 heavy (non-hydrogen) atoms. The summed E-state index contributed by atoms with van der Waals surface area (Å²) in [5.74, 6) is 0.901. The quantitative estimate of drug-likeness (QED) is 0.856. The lowest BCUT2D eigenvalue weighted by Gasteiger charge is -2.15. The second kappa shape index (κ2) is 4.94. The van der Waals surface area contributed by atoms with Crippen molar-refractivity contribution in [3.63, 3.8) is 0 Å². The van der Waals surface area contributed by atoms with E-state index in [0.29, 0.717) is 0 Å². The minimum absolute atomic E-state index is 0.901. The summed E-state index contributed by atoms with van der Waals surface area (Å²) in [4.78, 5) is 2.41. The fourth-order valence-electron chi connectivity index (χ4n) is 2.62. The summed E-state index contributed by atoms with van der Waals surface area (Å²) in [7, 11) is 1.69. The molecule has 98 valence electrons. The molecule has 3 rings (SSSR count). The van der Waals surface area contributed by atoms with Crippen molar-refractivity contribution in [3.8, 4) is 5.75 Å². The van der Waals surface area contributed by atoms with Crippen molar-refractivity contribution < 1.29 is 4.74 Å². The Balaban J connectivity index is 1.71. The average molecular weight is 254 g/mol. The van der Waals surface area contributed by atoms with Crippen LogP contribution in [0.2, 0.25) is 0 Å². The summed E-state index contributed by atoms with van der Waals surface area (Å²) in [5.41, 5.74) is 10.9. The Kier molecular flexibility index (Phi) is 3.13. The number of hydrogen-bond acceptors (Lipinski definition) is 3. The predicted molar refractivity (Wildman–Crippen MR) is 76.8 cm³/mol. The number of benzene rings is 2. The Bertz CT molecular complexity index is 578. The molecule has 0 atom stereocenters. The summed E-state index contributed by atoms with van der Waals surface area (Å²) >= 11 is 0. The summed E-state index contributed by atoms with van der Waals surface area (Å²) in [5, 5.41) is 0. The van der Waals surface area contributed by atoms with Gasteiger partial charge in [0.25, 0.3) is 0 Å². The Labute approximate surface area is 113 Å². The third-order valence-corrected chi connectivity index (χ3v) is 3.65. The van der Waals surface area contributed by atoms with E-state index in [9.17, 15) is 0 Å². The van der Waals surface area contributed by atoms with E-state index < -0.39 is 0 Å². The fourth-order valence-corrected chi connectivity index (χ4v) is 2.62. The van der Waals surface area contributed by atoms with Crippen molar-refractivity contribution in [2.75, 3.05) is 12.8 Å². The maximum atomic E-state index is 6.02. The number of fused-ring (bicyclic) bond motifs is 1. The zero-order valence-corrected chi connectivity index (χ0v) is 11.1. The smallest absolute Gasteiger partial charge is 0.118 e. The van der Waals surface area contributed by atoms with Crippen LogP contribution in [0, 0.1) is 0 Å². The average Bonchev–Trinajstić information content (AvgIpc) is 2.84. The van der Waals surface area contributed by atoms with Crippen LogP contribution >= 0.6 is 0 Å². The van der Waals surface area contributed by atoms with Crippen LogP contribution in [0.25, 0.3) is 0 Å². The van der Waals surface area contributed by atoms with Gasteiger partial charge in [0.05, 0.1) is 7.11 Å². The number of ether oxygens (including phenoxy) is 1. The molecular formula is C16H18N2O. The van der Waals surface area contributed by atoms with Gasteiger partial charge in [-0.15, -0.1) is 0 Å². The fraction of sp³-hybridized carbons (Fsp3) is 0.250. The van der Waals surface area contributed by atoms with E-state index >= 15 is 0 Å². The molecule has 1 aliphatic rings. The van der Waals surface area contributed by atoms with E-state index in [1.807, 2.05) is 24.3 Å². The molecule has 2 aromatic rings. The molecule has 2 aromatic carbocycles. The molecule has 2 N–H and O–H groups in total. The van der Waals surface area contributed by atoms with E-state index in [-0.39, 0.29) is 0 Å². The summed E-state index contributed by atoms with van der Waals surface area (Å²) in [6, 6.07) is 14.4. The molecule has 0 fully saturated rings. The van der Waals surface area contributed by atoms with Crippen LogP contribution in [0.1, 0.15) is 16.7 Å². The Morgan fingerprint density at radius 1 is 1.11 bits per heavy atom. The number of hydrogen-bond donors (Lipinski definition) is 1. The van der Waals surface area contributed by atoms with Crippen LogP contribution in [-0.4, -0.2) is 12.0 Å². The molecule has 0 unspecified atom stereocenters. The van der Waals surface area contributed by atoms with Crippen molar-refractivity contribution >= 4 is 5.69 Å². The topological polar surface area (TPSA) is 38.5 Å². The summed E-state index contributed by atoms with van der Waals surface area (Å²) < 4.78 is 5.18. The zero-order valence-electron chi connectivity index (χ0n) is 11.1. The van der Waals surface area contributed by atoms with Crippen LogP contribution < -0.4 is 10.5 Å². The lowest BCUT2D eigenvalue weighted by molar-refractivity contribution is 0.275. The number of nitrogens with zero attached hydrogens (tertiary/aromatic N) is 1. The maximum absolute atomic E-state index is 6.02. The van der Waals surface area contributed by atoms with Crippen LogP contribution in [-0.2, 0) is 19.6 Å². The van der Waals surface area contributed by atoms with E-state index in [1.165, 1.54) is 16.7 Å². The first-order chi connectivity index (χ1) is 9.26. The first-order valence-corrected chi connectivity index (χ1v) is 6.48. The molecule has 0 saturated carbocycles. The van der Waals surface area contributed by atoms with Gasteiger partial charge in [-0.25, -0.2) is 0 Å². The number of anilines is 1. The highest BCUT2D eigenvalue weighted by Crippen LogP contribution is 2.28. The first kappa shape index (κ1) is 12.1. The van der Waals surface area contributed by atoms with Gasteiger partial charge in [-0.05, 0) is 34.9 Å². The van der Waals surface area contributed by atoms with Gasteiger partial charge >= 0.3 is 0 Å². The lowest BCUT2D eigenvalue weighted by Crippen LogP contribution is -2.15. The molecule has 3 nitrogen and oxygen atoms in total. The van der Waals surface area contributed by atoms with E-state index in [1.54, 1.807) is 7.11 Å². The molecule has 0 spiro atoms. The number of nitrogens with two attached hydrogens (primary N) is 1. The SMILES string of the molecule is COc1ccc(CN2Cc3cccc(N)c3C2)cc1. The monoisotopic (exact) mass is 254 g/mol. The second-order valence-corrected chi connectivity index (χ2v) is 4.98. The van der Waals surface area contributed by atoms with E-state index in [2.05, 4.69) is 23.1 Å². The molecule has 0 radical (unpaired) electrons. The highest BCUT2D eigenvalue weighted by atomic mass is 16.5. The molecule has 0 aliphatic carbocycles. The molecule has 0 bridgehead atoms. The van der Waals surface area contributed by atoms with Crippen molar-refractivity contribution in [2.45, 2.75) is 19.6 Å². The zero-order chi connectivity index (χ0) is 13.2. The minimum Gasteiger partial charge on any atom is -0.497 e. The van der Waals surface area contributed by atoms with Crippen molar-refractivity contribution in [1.29, 1.82) is 0 Å². The van der Waals surface area contributed by atoms with Crippen molar-refractivity contribution in [2.24, 2.45) is 0 Å². The standard InChI is InChI=1S/C16H18N2O/c1-19-14-7-5-12(6-8-14)9-18-10-13-3-2-4-16(17)15(13)11-18/h2-8H,9-11,17H2,1H3. The normalized spacial score (nSPS) is 14.4. The molecule has 3 heteroatoms. The molecule has 1 aliphatic heterocycles. The Morgan fingerprint density at radius 2 is 1.89 bits per heavy atom. The number of methoxy groups -OCH3 is 1. The van der Waals surface area contributed by atoms with E-state index in [0.717, 1.165) is 31.1 Å². The summed E-state index contributed by atoms with van der Waals surface area (Å²) in [6.07, 6.45) is 0. The maximum Gasteiger partial charge on any atom is 0.118 e. The van der Waals surface area contributed by atoms with Crippen molar-refractivity contribution in [1.82, 2.24) is 4.90 Å². The van der Waals surface area contributed by atoms with Gasteiger partial charge in [-0.3, -0.25) is 4.90 Å². The Hall–Kier alpha value is -2.00. The minimum atomic E-state index is 0.901. The molecule has 1 heterocycles. The third kappa shape index (κ3) is 2.42. The summed E-state index contributed by atoms with van der Waals surface area (Å²) in [6.45, 7) is 2.86. The third-order valence-electron chi connectivity index (χ3n) is 3.65. The van der Waals surface area contributed by atoms with Gasteiger partial charge < -0.3 is 10.5 Å². The number of nitrogen functional groups attached to an aromatic ring is 1. The van der Waals surface area contributed by atoms with Gasteiger partial charge in [-0.2, -0.15) is 0 Å². The van der Waals surface area contributed by atoms with E-state index in [4.69, 9.17) is 10.5 Å². The van der Waals surface area contributed by atoms with Crippen LogP contribution in [0.4, 0.5) is 5.69 Å². The first-order valence-electron chi connectivity index (χ1n) is 6.48. The number of rotatable bonds is 3. The molecular weight excluding hydrogens is 236 g/mol. The predicted octanol–water partition coefficient (Wildman–Crippen LogP) is 2.79. The van der Waals surface area contributed by atoms with Crippen LogP contribution in [0.15, 0.2) is 42.5 Å². The molecule has 0 saturated heterocycles. The van der Waals surface area contributed by atoms with Crippen molar-refractivity contribution in [3.05, 3.63) is 59.2 Å². The lowest BCUT2D eigenvalue weighted by atomic mass is 10.1. The van der Waals surface area contributed by atoms with Crippen LogP contribution in [0.3, 0.4) is 0 Å². The van der Waals surface area contributed by atoms with Crippen LogP contribution in [0.5, 0.6) is 5.75 Å². The van der Waals surface area contributed by atoms with Gasteiger partial charge in [0, 0.05) is 25.3 Å².